The van der Waals surface area contributed by atoms with Gasteiger partial charge in [0.05, 0.1) is 18.9 Å². The Morgan fingerprint density at radius 3 is 2.81 bits per heavy atom. The highest BCUT2D eigenvalue weighted by molar-refractivity contribution is 7.98. The van der Waals surface area contributed by atoms with Crippen LogP contribution in [-0.2, 0) is 11.5 Å². The van der Waals surface area contributed by atoms with Gasteiger partial charge in [-0.1, -0.05) is 11.6 Å². The van der Waals surface area contributed by atoms with Crippen LogP contribution in [0.15, 0.2) is 18.2 Å². The maximum Gasteiger partial charge on any atom is 0.161 e. The third-order valence-corrected chi connectivity index (χ3v) is 4.82. The third-order valence-electron chi connectivity index (χ3n) is 3.53. The van der Waals surface area contributed by atoms with E-state index < -0.39 is 0 Å². The van der Waals surface area contributed by atoms with Gasteiger partial charge in [-0.3, -0.25) is 0 Å². The second-order valence-electron chi connectivity index (χ2n) is 4.97. The molecule has 0 radical (unpaired) electrons. The van der Waals surface area contributed by atoms with Gasteiger partial charge in [0.2, 0.25) is 0 Å². The molecule has 0 N–H and O–H groups in total. The van der Waals surface area contributed by atoms with Crippen LogP contribution < -0.4 is 9.47 Å². The Morgan fingerprint density at radius 2 is 1.90 bits per heavy atom. The summed E-state index contributed by atoms with van der Waals surface area (Å²) in [5, 5.41) is 0.562. The minimum atomic E-state index is 0.562. The highest BCUT2D eigenvalue weighted by atomic mass is 35.5. The molecule has 1 aromatic heterocycles. The first kappa shape index (κ1) is 13.2. The van der Waals surface area contributed by atoms with Gasteiger partial charge < -0.3 is 9.47 Å². The summed E-state index contributed by atoms with van der Waals surface area (Å²) in [6.07, 6.45) is 0.891. The summed E-state index contributed by atoms with van der Waals surface area (Å²) in [6.45, 7) is 1.35. The van der Waals surface area contributed by atoms with Gasteiger partial charge in [-0.2, -0.15) is 11.8 Å². The Morgan fingerprint density at radius 1 is 1.05 bits per heavy atom. The maximum absolute atomic E-state index is 6.27. The third kappa shape index (κ3) is 2.45. The fraction of sp³-hybridized carbons (Fsp3) is 0.333. The summed E-state index contributed by atoms with van der Waals surface area (Å²) in [4.78, 5) is 9.08. The van der Waals surface area contributed by atoms with Crippen LogP contribution in [0.1, 0.15) is 17.7 Å². The fourth-order valence-electron chi connectivity index (χ4n) is 2.44. The quantitative estimate of drug-likeness (QED) is 0.750. The van der Waals surface area contributed by atoms with Crippen molar-refractivity contribution >= 4 is 23.4 Å². The number of benzene rings is 1. The minimum absolute atomic E-state index is 0.562. The van der Waals surface area contributed by atoms with Crippen molar-refractivity contribution in [2.24, 2.45) is 0 Å². The summed E-state index contributed by atoms with van der Waals surface area (Å²) in [7, 11) is 0. The molecular weight excluding hydrogens is 308 g/mol. The molecule has 0 fully saturated rings. The van der Waals surface area contributed by atoms with E-state index in [2.05, 4.69) is 9.97 Å². The molecule has 0 saturated carbocycles. The molecule has 3 heterocycles. The molecule has 0 bridgehead atoms. The number of aromatic nitrogens is 2. The van der Waals surface area contributed by atoms with Crippen molar-refractivity contribution in [1.82, 2.24) is 9.97 Å². The fourth-order valence-corrected chi connectivity index (χ4v) is 3.82. The Bertz CT molecular complexity index is 708. The molecule has 6 heteroatoms. The van der Waals surface area contributed by atoms with Gasteiger partial charge in [-0.25, -0.2) is 9.97 Å². The van der Waals surface area contributed by atoms with Crippen LogP contribution in [0.5, 0.6) is 11.5 Å². The molecule has 0 unspecified atom stereocenters. The van der Waals surface area contributed by atoms with Crippen LogP contribution in [-0.4, -0.2) is 23.2 Å². The topological polar surface area (TPSA) is 44.2 Å². The standard InChI is InChI=1S/C15H13ClN2O2S/c16-14-10-7-21-8-11(10)17-15(18-14)9-2-3-12-13(6-9)20-5-1-4-19-12/h2-3,6H,1,4-5,7-8H2. The zero-order valence-electron chi connectivity index (χ0n) is 11.3. The van der Waals surface area contributed by atoms with E-state index in [1.54, 1.807) is 0 Å². The smallest absolute Gasteiger partial charge is 0.161 e. The summed E-state index contributed by atoms with van der Waals surface area (Å²) in [5.41, 5.74) is 3.02. The number of hydrogen-bond donors (Lipinski definition) is 0. The van der Waals surface area contributed by atoms with Gasteiger partial charge in [0.25, 0.3) is 0 Å². The predicted molar refractivity (Wildman–Crippen MR) is 83.1 cm³/mol. The molecule has 4 nitrogen and oxygen atoms in total. The van der Waals surface area contributed by atoms with Gasteiger partial charge in [0.1, 0.15) is 5.15 Å². The van der Waals surface area contributed by atoms with Gasteiger partial charge in [-0.15, -0.1) is 0 Å². The lowest BCUT2D eigenvalue weighted by atomic mass is 10.1. The molecule has 21 heavy (non-hydrogen) atoms. The van der Waals surface area contributed by atoms with Gasteiger partial charge >= 0.3 is 0 Å². The van der Waals surface area contributed by atoms with Gasteiger partial charge in [-0.05, 0) is 18.2 Å². The Kier molecular flexibility index (Phi) is 3.39. The average molecular weight is 321 g/mol. The number of fused-ring (bicyclic) bond motifs is 2. The number of thioether (sulfide) groups is 1. The number of ether oxygens (including phenoxy) is 2. The first-order valence-electron chi connectivity index (χ1n) is 6.84. The molecular formula is C15H13ClN2O2S. The van der Waals surface area contributed by atoms with Crippen molar-refractivity contribution < 1.29 is 9.47 Å². The van der Waals surface area contributed by atoms with Crippen molar-refractivity contribution in [2.75, 3.05) is 13.2 Å². The van der Waals surface area contributed by atoms with E-state index in [1.807, 2.05) is 30.0 Å². The lowest BCUT2D eigenvalue weighted by Crippen LogP contribution is -1.98. The van der Waals surface area contributed by atoms with Crippen molar-refractivity contribution in [2.45, 2.75) is 17.9 Å². The molecule has 0 saturated heterocycles. The van der Waals surface area contributed by atoms with E-state index in [0.717, 1.165) is 46.2 Å². The molecule has 4 rings (SSSR count). The molecule has 2 aliphatic rings. The van der Waals surface area contributed by atoms with E-state index in [-0.39, 0.29) is 0 Å². The molecule has 0 atom stereocenters. The van der Waals surface area contributed by atoms with E-state index in [0.29, 0.717) is 24.2 Å². The minimum Gasteiger partial charge on any atom is -0.490 e. The SMILES string of the molecule is Clc1nc(-c2ccc3c(c2)OCCCO3)nc2c1CSC2. The average Bonchev–Trinajstić information content (AvgIpc) is 2.85. The lowest BCUT2D eigenvalue weighted by molar-refractivity contribution is 0.297. The van der Waals surface area contributed by atoms with Gasteiger partial charge in [0, 0.05) is 29.1 Å². The molecule has 0 aliphatic carbocycles. The summed E-state index contributed by atoms with van der Waals surface area (Å²) in [6, 6.07) is 5.80. The molecule has 0 amide bonds. The molecule has 1 aromatic carbocycles. The van der Waals surface area contributed by atoms with Crippen molar-refractivity contribution in [3.63, 3.8) is 0 Å². The van der Waals surface area contributed by atoms with Crippen LogP contribution in [0.3, 0.4) is 0 Å². The van der Waals surface area contributed by atoms with Crippen LogP contribution in [0, 0.1) is 0 Å². The molecule has 2 aromatic rings. The summed E-state index contributed by atoms with van der Waals surface area (Å²) >= 11 is 8.09. The highest BCUT2D eigenvalue weighted by Gasteiger charge is 2.20. The normalized spacial score (nSPS) is 16.4. The van der Waals surface area contributed by atoms with Gasteiger partial charge in [0.15, 0.2) is 17.3 Å². The van der Waals surface area contributed by atoms with E-state index >= 15 is 0 Å². The number of hydrogen-bond acceptors (Lipinski definition) is 5. The van der Waals surface area contributed by atoms with Crippen molar-refractivity contribution in [1.29, 1.82) is 0 Å². The second-order valence-corrected chi connectivity index (χ2v) is 6.31. The van der Waals surface area contributed by atoms with E-state index in [9.17, 15) is 0 Å². The number of nitrogens with zero attached hydrogens (tertiary/aromatic N) is 2. The number of halogens is 1. The Balaban J connectivity index is 1.77. The van der Waals surface area contributed by atoms with E-state index in [4.69, 9.17) is 21.1 Å². The first-order chi connectivity index (χ1) is 10.3. The predicted octanol–water partition coefficient (Wildman–Crippen LogP) is 3.71. The molecule has 108 valence electrons. The monoisotopic (exact) mass is 320 g/mol. The van der Waals surface area contributed by atoms with Crippen LogP contribution >= 0.6 is 23.4 Å². The second kappa shape index (κ2) is 5.39. The molecule has 2 aliphatic heterocycles. The van der Waals surface area contributed by atoms with Crippen molar-refractivity contribution in [3.05, 3.63) is 34.6 Å². The first-order valence-corrected chi connectivity index (χ1v) is 8.37. The largest absolute Gasteiger partial charge is 0.490 e. The van der Waals surface area contributed by atoms with E-state index in [1.165, 1.54) is 0 Å². The van der Waals surface area contributed by atoms with Crippen LogP contribution in [0.25, 0.3) is 11.4 Å². The lowest BCUT2D eigenvalue weighted by Gasteiger charge is -2.10. The number of rotatable bonds is 1. The zero-order chi connectivity index (χ0) is 14.2. The Labute approximate surface area is 131 Å². The molecule has 0 spiro atoms. The highest BCUT2D eigenvalue weighted by Crippen LogP contribution is 2.36. The zero-order valence-corrected chi connectivity index (χ0v) is 12.8. The summed E-state index contributed by atoms with van der Waals surface area (Å²) in [5.74, 6) is 3.97. The van der Waals surface area contributed by atoms with Crippen LogP contribution in [0.2, 0.25) is 5.15 Å². The van der Waals surface area contributed by atoms with Crippen LogP contribution in [0.4, 0.5) is 0 Å². The van der Waals surface area contributed by atoms with Crippen molar-refractivity contribution in [3.8, 4) is 22.9 Å². The summed E-state index contributed by atoms with van der Waals surface area (Å²) < 4.78 is 11.4. The Hall–Kier alpha value is -1.46. The maximum atomic E-state index is 6.27.